The van der Waals surface area contributed by atoms with Crippen LogP contribution in [0.15, 0.2) is 0 Å². The molecule has 2 unspecified atom stereocenters. The highest BCUT2D eigenvalue weighted by atomic mass is 16.5. The van der Waals surface area contributed by atoms with E-state index in [1.807, 2.05) is 0 Å². The molecule has 0 aromatic carbocycles. The van der Waals surface area contributed by atoms with Crippen LogP contribution in [0.25, 0.3) is 0 Å². The van der Waals surface area contributed by atoms with Gasteiger partial charge in [0, 0.05) is 38.7 Å². The number of nitrogens with one attached hydrogen (secondary N) is 1. The van der Waals surface area contributed by atoms with Crippen molar-refractivity contribution in [2.45, 2.75) is 51.1 Å². The van der Waals surface area contributed by atoms with Crippen LogP contribution < -0.4 is 5.32 Å². The number of ether oxygens (including phenoxy) is 1. The third-order valence-corrected chi connectivity index (χ3v) is 3.75. The van der Waals surface area contributed by atoms with E-state index in [9.17, 15) is 0 Å². The molecule has 0 saturated carbocycles. The van der Waals surface area contributed by atoms with Crippen molar-refractivity contribution in [1.29, 1.82) is 5.26 Å². The number of hydrogen-bond donors (Lipinski definition) is 1. The van der Waals surface area contributed by atoms with E-state index in [2.05, 4.69) is 23.2 Å². The number of nitriles is 1. The van der Waals surface area contributed by atoms with Crippen molar-refractivity contribution in [3.05, 3.63) is 0 Å². The first-order valence-electron chi connectivity index (χ1n) is 7.11. The third kappa shape index (κ3) is 5.81. The zero-order valence-corrected chi connectivity index (χ0v) is 11.8. The predicted molar refractivity (Wildman–Crippen MR) is 73.4 cm³/mol. The molecule has 1 heterocycles. The fraction of sp³-hybridized carbons (Fsp3) is 0.929. The average molecular weight is 253 g/mol. The molecule has 1 aliphatic heterocycles. The lowest BCUT2D eigenvalue weighted by molar-refractivity contribution is 0.116. The smallest absolute Gasteiger partial charge is 0.0635 e. The maximum Gasteiger partial charge on any atom is 0.0635 e. The number of piperidine rings is 1. The van der Waals surface area contributed by atoms with Crippen LogP contribution >= 0.6 is 0 Å². The lowest BCUT2D eigenvalue weighted by Crippen LogP contribution is -2.43. The topological polar surface area (TPSA) is 48.3 Å². The number of methoxy groups -OCH3 is 1. The maximum atomic E-state index is 8.72. The van der Waals surface area contributed by atoms with E-state index in [0.29, 0.717) is 18.5 Å². The van der Waals surface area contributed by atoms with Gasteiger partial charge in [-0.25, -0.2) is 0 Å². The Bertz CT molecular complexity index is 246. The largest absolute Gasteiger partial charge is 0.383 e. The maximum absolute atomic E-state index is 8.72. The molecule has 0 aromatic heterocycles. The third-order valence-electron chi connectivity index (χ3n) is 3.75. The molecule has 0 aliphatic carbocycles. The molecule has 1 rings (SSSR count). The molecule has 1 N–H and O–H groups in total. The van der Waals surface area contributed by atoms with Crippen molar-refractivity contribution in [2.24, 2.45) is 0 Å². The molecule has 18 heavy (non-hydrogen) atoms. The van der Waals surface area contributed by atoms with Gasteiger partial charge in [-0.15, -0.1) is 0 Å². The molecule has 4 nitrogen and oxygen atoms in total. The monoisotopic (exact) mass is 253 g/mol. The van der Waals surface area contributed by atoms with Gasteiger partial charge in [-0.3, -0.25) is 4.90 Å². The van der Waals surface area contributed by atoms with Gasteiger partial charge < -0.3 is 10.1 Å². The summed E-state index contributed by atoms with van der Waals surface area (Å²) in [6.07, 6.45) is 5.73. The molecule has 2 atom stereocenters. The Kier molecular flexibility index (Phi) is 7.99. The Morgan fingerprint density at radius 2 is 2.28 bits per heavy atom. The van der Waals surface area contributed by atoms with Crippen LogP contribution in [0.2, 0.25) is 0 Å². The molecule has 1 saturated heterocycles. The van der Waals surface area contributed by atoms with Crippen LogP contribution in [0.3, 0.4) is 0 Å². The molecule has 1 aliphatic rings. The number of hydrogen-bond acceptors (Lipinski definition) is 4. The summed E-state index contributed by atoms with van der Waals surface area (Å²) in [5.41, 5.74) is 0. The lowest BCUT2D eigenvalue weighted by Gasteiger charge is -2.33. The molecule has 4 heteroatoms. The normalized spacial score (nSPS) is 21.8. The zero-order chi connectivity index (χ0) is 13.2. The second kappa shape index (κ2) is 9.32. The fourth-order valence-corrected chi connectivity index (χ4v) is 2.64. The van der Waals surface area contributed by atoms with Gasteiger partial charge in [0.25, 0.3) is 0 Å². The van der Waals surface area contributed by atoms with Gasteiger partial charge in [0.1, 0.15) is 0 Å². The fourth-order valence-electron chi connectivity index (χ4n) is 2.64. The van der Waals surface area contributed by atoms with Gasteiger partial charge in [-0.05, 0) is 32.7 Å². The summed E-state index contributed by atoms with van der Waals surface area (Å²) in [7, 11) is 1.73. The minimum Gasteiger partial charge on any atom is -0.383 e. The Morgan fingerprint density at radius 3 is 2.89 bits per heavy atom. The molecule has 0 bridgehead atoms. The Morgan fingerprint density at radius 1 is 1.44 bits per heavy atom. The summed E-state index contributed by atoms with van der Waals surface area (Å²) >= 11 is 0. The van der Waals surface area contributed by atoms with E-state index in [-0.39, 0.29) is 0 Å². The van der Waals surface area contributed by atoms with E-state index in [1.54, 1.807) is 7.11 Å². The minimum atomic E-state index is 0.518. The summed E-state index contributed by atoms with van der Waals surface area (Å²) < 4.78 is 5.15. The molecule has 104 valence electrons. The Hall–Kier alpha value is -0.630. The molecular weight excluding hydrogens is 226 g/mol. The zero-order valence-electron chi connectivity index (χ0n) is 11.8. The highest BCUT2D eigenvalue weighted by Crippen LogP contribution is 2.15. The summed E-state index contributed by atoms with van der Waals surface area (Å²) in [6.45, 7) is 5.95. The van der Waals surface area contributed by atoms with Crippen LogP contribution in [0, 0.1) is 11.3 Å². The van der Waals surface area contributed by atoms with Crippen LogP contribution in [-0.4, -0.2) is 50.3 Å². The van der Waals surface area contributed by atoms with Crippen LogP contribution in [0.5, 0.6) is 0 Å². The first-order chi connectivity index (χ1) is 8.77. The van der Waals surface area contributed by atoms with Crippen LogP contribution in [0.1, 0.15) is 39.0 Å². The highest BCUT2D eigenvalue weighted by Gasteiger charge is 2.19. The quantitative estimate of drug-likeness (QED) is 0.716. The van der Waals surface area contributed by atoms with Gasteiger partial charge in [0.2, 0.25) is 0 Å². The highest BCUT2D eigenvalue weighted by molar-refractivity contribution is 4.80. The SMILES string of the molecule is COCCN(CCC#N)C(C)CC1CCCCN1. The molecular formula is C14H27N3O. The average Bonchev–Trinajstić information content (AvgIpc) is 2.40. The predicted octanol–water partition coefficient (Wildman–Crippen LogP) is 1.77. The Balaban J connectivity index is 2.35. The summed E-state index contributed by atoms with van der Waals surface area (Å²) in [4.78, 5) is 2.38. The van der Waals surface area contributed by atoms with Gasteiger partial charge in [0.15, 0.2) is 0 Å². The standard InChI is InChI=1S/C14H27N3O/c1-13(12-14-6-3-4-8-16-14)17(9-5-7-15)10-11-18-2/h13-14,16H,3-6,8-12H2,1-2H3. The van der Waals surface area contributed by atoms with E-state index >= 15 is 0 Å². The van der Waals surface area contributed by atoms with Crippen LogP contribution in [-0.2, 0) is 4.74 Å². The van der Waals surface area contributed by atoms with E-state index in [0.717, 1.165) is 26.2 Å². The van der Waals surface area contributed by atoms with Crippen molar-refractivity contribution in [3.63, 3.8) is 0 Å². The molecule has 0 aromatic rings. The van der Waals surface area contributed by atoms with Crippen molar-refractivity contribution in [2.75, 3.05) is 33.4 Å². The first kappa shape index (κ1) is 15.4. The van der Waals surface area contributed by atoms with Gasteiger partial charge in [0.05, 0.1) is 12.7 Å². The van der Waals surface area contributed by atoms with E-state index < -0.39 is 0 Å². The minimum absolute atomic E-state index is 0.518. The molecule has 0 amide bonds. The molecule has 0 radical (unpaired) electrons. The van der Waals surface area contributed by atoms with Gasteiger partial charge >= 0.3 is 0 Å². The number of rotatable bonds is 8. The first-order valence-corrected chi connectivity index (χ1v) is 7.11. The van der Waals surface area contributed by atoms with Crippen molar-refractivity contribution in [3.8, 4) is 6.07 Å². The van der Waals surface area contributed by atoms with E-state index in [1.165, 1.54) is 25.7 Å². The second-order valence-corrected chi connectivity index (χ2v) is 5.17. The second-order valence-electron chi connectivity index (χ2n) is 5.17. The summed E-state index contributed by atoms with van der Waals surface area (Å²) in [5.74, 6) is 0. The van der Waals surface area contributed by atoms with Crippen molar-refractivity contribution < 1.29 is 4.74 Å². The number of nitrogens with zero attached hydrogens (tertiary/aromatic N) is 2. The Labute approximate surface area is 111 Å². The lowest BCUT2D eigenvalue weighted by atomic mass is 9.98. The van der Waals surface area contributed by atoms with Gasteiger partial charge in [-0.2, -0.15) is 5.26 Å². The summed E-state index contributed by atoms with van der Waals surface area (Å²) in [6, 6.07) is 3.41. The van der Waals surface area contributed by atoms with Gasteiger partial charge in [-0.1, -0.05) is 6.42 Å². The van der Waals surface area contributed by atoms with E-state index in [4.69, 9.17) is 10.00 Å². The molecule has 1 fully saturated rings. The van der Waals surface area contributed by atoms with Crippen molar-refractivity contribution >= 4 is 0 Å². The van der Waals surface area contributed by atoms with Crippen molar-refractivity contribution in [1.82, 2.24) is 10.2 Å². The molecule has 0 spiro atoms. The van der Waals surface area contributed by atoms with Crippen LogP contribution in [0.4, 0.5) is 0 Å². The summed E-state index contributed by atoms with van der Waals surface area (Å²) in [5, 5.41) is 12.3.